The molecule has 2 nitrogen and oxygen atoms in total. The van der Waals surface area contributed by atoms with Gasteiger partial charge in [-0.25, -0.2) is 4.39 Å². The first kappa shape index (κ1) is 9.79. The van der Waals surface area contributed by atoms with Crippen molar-refractivity contribution >= 4 is 0 Å². The van der Waals surface area contributed by atoms with E-state index in [-0.39, 0.29) is 18.0 Å². The van der Waals surface area contributed by atoms with E-state index in [0.717, 1.165) is 12.8 Å². The molecule has 1 saturated heterocycles. The summed E-state index contributed by atoms with van der Waals surface area (Å²) in [6, 6.07) is 0. The summed E-state index contributed by atoms with van der Waals surface area (Å²) < 4.78 is 25.1. The average Bonchev–Trinajstić information content (AvgIpc) is 2.56. The first-order chi connectivity index (χ1) is 7.27. The van der Waals surface area contributed by atoms with E-state index in [2.05, 4.69) is 0 Å². The van der Waals surface area contributed by atoms with Gasteiger partial charge in [-0.3, -0.25) is 0 Å². The highest BCUT2D eigenvalue weighted by Crippen LogP contribution is 2.43. The van der Waals surface area contributed by atoms with Crippen molar-refractivity contribution in [1.82, 2.24) is 0 Å². The molecule has 0 aromatic heterocycles. The van der Waals surface area contributed by atoms with Gasteiger partial charge in [0.15, 0.2) is 5.79 Å². The molecule has 3 atom stereocenters. The fourth-order valence-corrected chi connectivity index (χ4v) is 2.90. The zero-order valence-electron chi connectivity index (χ0n) is 8.82. The lowest BCUT2D eigenvalue weighted by Gasteiger charge is -2.31. The lowest BCUT2D eigenvalue weighted by atomic mass is 9.94. The van der Waals surface area contributed by atoms with Crippen LogP contribution in [0.3, 0.4) is 0 Å². The maximum Gasteiger partial charge on any atom is 0.169 e. The van der Waals surface area contributed by atoms with E-state index in [1.807, 2.05) is 6.08 Å². The summed E-state index contributed by atoms with van der Waals surface area (Å²) in [5.41, 5.74) is 0. The molecule has 0 bridgehead atoms. The molecule has 3 heteroatoms. The summed E-state index contributed by atoms with van der Waals surface area (Å²) in [6.45, 7) is 0. The topological polar surface area (TPSA) is 18.5 Å². The van der Waals surface area contributed by atoms with Crippen molar-refractivity contribution in [3.05, 3.63) is 12.2 Å². The van der Waals surface area contributed by atoms with Crippen molar-refractivity contribution in [2.45, 2.75) is 62.7 Å². The lowest BCUT2D eigenvalue weighted by Crippen LogP contribution is -2.33. The number of rotatable bonds is 0. The molecule has 3 aliphatic rings. The number of alkyl halides is 1. The zero-order chi connectivity index (χ0) is 10.3. The second-order valence-corrected chi connectivity index (χ2v) is 4.85. The first-order valence-electron chi connectivity index (χ1n) is 5.95. The van der Waals surface area contributed by atoms with E-state index in [9.17, 15) is 4.39 Å². The lowest BCUT2D eigenvalue weighted by molar-refractivity contribution is -0.191. The van der Waals surface area contributed by atoms with Crippen LogP contribution < -0.4 is 0 Å². The van der Waals surface area contributed by atoms with Crippen molar-refractivity contribution in [2.75, 3.05) is 0 Å². The number of ether oxygens (including phenoxy) is 2. The van der Waals surface area contributed by atoms with Crippen molar-refractivity contribution in [1.29, 1.82) is 0 Å². The van der Waals surface area contributed by atoms with E-state index in [4.69, 9.17) is 9.47 Å². The van der Waals surface area contributed by atoms with E-state index >= 15 is 0 Å². The van der Waals surface area contributed by atoms with E-state index < -0.39 is 6.17 Å². The molecule has 3 rings (SSSR count). The summed E-state index contributed by atoms with van der Waals surface area (Å²) >= 11 is 0. The maximum atomic E-state index is 13.2. The Kier molecular flexibility index (Phi) is 2.33. The molecule has 0 amide bonds. The third-order valence-electron chi connectivity index (χ3n) is 3.67. The van der Waals surface area contributed by atoms with E-state index in [1.54, 1.807) is 6.08 Å². The molecule has 1 heterocycles. The van der Waals surface area contributed by atoms with Gasteiger partial charge in [0.25, 0.3) is 0 Å². The Morgan fingerprint density at radius 1 is 1.07 bits per heavy atom. The Morgan fingerprint density at radius 2 is 1.87 bits per heavy atom. The summed E-state index contributed by atoms with van der Waals surface area (Å²) in [5.74, 6) is -0.373. The average molecular weight is 212 g/mol. The molecule has 0 aromatic rings. The summed E-state index contributed by atoms with van der Waals surface area (Å²) in [7, 11) is 0. The molecule has 2 aliphatic carbocycles. The molecule has 1 aliphatic heterocycles. The first-order valence-corrected chi connectivity index (χ1v) is 5.95. The van der Waals surface area contributed by atoms with Gasteiger partial charge >= 0.3 is 0 Å². The third-order valence-corrected chi connectivity index (χ3v) is 3.67. The van der Waals surface area contributed by atoms with Crippen molar-refractivity contribution in [3.8, 4) is 0 Å². The Balaban J connectivity index is 1.74. The SMILES string of the molecule is F[C@H]1C=C[C@H]2OC3(CCCCC3)O[C@H]2C1. The second kappa shape index (κ2) is 3.56. The van der Waals surface area contributed by atoms with Crippen LogP contribution in [0.25, 0.3) is 0 Å². The van der Waals surface area contributed by atoms with Crippen LogP contribution in [-0.4, -0.2) is 24.2 Å². The van der Waals surface area contributed by atoms with Gasteiger partial charge in [-0.1, -0.05) is 18.6 Å². The minimum Gasteiger partial charge on any atom is -0.343 e. The predicted octanol–water partition coefficient (Wildman–Crippen LogP) is 2.73. The number of fused-ring (bicyclic) bond motifs is 1. The van der Waals surface area contributed by atoms with E-state index in [0.29, 0.717) is 6.42 Å². The molecular formula is C12H17FO2. The summed E-state index contributed by atoms with van der Waals surface area (Å²) in [5, 5.41) is 0. The monoisotopic (exact) mass is 212 g/mol. The molecule has 0 aromatic carbocycles. The van der Waals surface area contributed by atoms with Crippen molar-refractivity contribution < 1.29 is 13.9 Å². The molecule has 1 saturated carbocycles. The highest BCUT2D eigenvalue weighted by atomic mass is 19.1. The van der Waals surface area contributed by atoms with E-state index in [1.165, 1.54) is 19.3 Å². The molecule has 0 unspecified atom stereocenters. The number of hydrogen-bond donors (Lipinski definition) is 0. The molecule has 0 radical (unpaired) electrons. The minimum absolute atomic E-state index is 0.00454. The largest absolute Gasteiger partial charge is 0.343 e. The van der Waals surface area contributed by atoms with Crippen LogP contribution in [0.5, 0.6) is 0 Å². The Bertz CT molecular complexity index is 271. The van der Waals surface area contributed by atoms with Gasteiger partial charge in [0.05, 0.1) is 6.10 Å². The maximum absolute atomic E-state index is 13.2. The standard InChI is InChI=1S/C12H17FO2/c13-9-4-5-10-11(8-9)15-12(14-10)6-2-1-3-7-12/h4-5,9-11H,1-3,6-8H2/t9-,10+,11-/m0/s1. The van der Waals surface area contributed by atoms with Crippen LogP contribution in [0.4, 0.5) is 4.39 Å². The zero-order valence-corrected chi connectivity index (χ0v) is 8.82. The third kappa shape index (κ3) is 1.72. The van der Waals surface area contributed by atoms with Crippen LogP contribution in [0.15, 0.2) is 12.2 Å². The van der Waals surface area contributed by atoms with Gasteiger partial charge in [0.1, 0.15) is 12.3 Å². The summed E-state index contributed by atoms with van der Waals surface area (Å²) in [6.07, 6.45) is 8.55. The van der Waals surface area contributed by atoms with Gasteiger partial charge in [0, 0.05) is 19.3 Å². The molecule has 15 heavy (non-hydrogen) atoms. The van der Waals surface area contributed by atoms with Crippen LogP contribution in [0, 0.1) is 0 Å². The van der Waals surface area contributed by atoms with Crippen LogP contribution in [-0.2, 0) is 9.47 Å². The van der Waals surface area contributed by atoms with Crippen LogP contribution >= 0.6 is 0 Å². The van der Waals surface area contributed by atoms with Gasteiger partial charge in [-0.05, 0) is 12.8 Å². The molecule has 84 valence electrons. The van der Waals surface area contributed by atoms with Crippen LogP contribution in [0.2, 0.25) is 0 Å². The smallest absolute Gasteiger partial charge is 0.169 e. The molecule has 1 spiro atoms. The van der Waals surface area contributed by atoms with Crippen molar-refractivity contribution in [3.63, 3.8) is 0 Å². The molecule has 2 fully saturated rings. The number of allylic oxidation sites excluding steroid dienone is 1. The fraction of sp³-hybridized carbons (Fsp3) is 0.833. The predicted molar refractivity (Wildman–Crippen MR) is 54.2 cm³/mol. The van der Waals surface area contributed by atoms with Crippen molar-refractivity contribution in [2.24, 2.45) is 0 Å². The Morgan fingerprint density at radius 3 is 2.67 bits per heavy atom. The molecule has 0 N–H and O–H groups in total. The quantitative estimate of drug-likeness (QED) is 0.575. The Hall–Kier alpha value is -0.410. The van der Waals surface area contributed by atoms with Gasteiger partial charge < -0.3 is 9.47 Å². The van der Waals surface area contributed by atoms with Gasteiger partial charge in [-0.2, -0.15) is 0 Å². The Labute approximate surface area is 89.4 Å². The highest BCUT2D eigenvalue weighted by Gasteiger charge is 2.48. The normalized spacial score (nSPS) is 43.1. The fourth-order valence-electron chi connectivity index (χ4n) is 2.90. The summed E-state index contributed by atoms with van der Waals surface area (Å²) in [4.78, 5) is 0. The molecular weight excluding hydrogens is 195 g/mol. The second-order valence-electron chi connectivity index (χ2n) is 4.85. The highest BCUT2D eigenvalue weighted by molar-refractivity contribution is 5.08. The number of hydrogen-bond acceptors (Lipinski definition) is 2. The van der Waals surface area contributed by atoms with Gasteiger partial charge in [0.2, 0.25) is 0 Å². The van der Waals surface area contributed by atoms with Gasteiger partial charge in [-0.15, -0.1) is 0 Å². The minimum atomic E-state index is -0.853. The number of halogens is 1. The van der Waals surface area contributed by atoms with Crippen LogP contribution in [0.1, 0.15) is 38.5 Å².